The lowest BCUT2D eigenvalue weighted by Gasteiger charge is -2.08. The van der Waals surface area contributed by atoms with Gasteiger partial charge in [0.05, 0.1) is 15.7 Å². The summed E-state index contributed by atoms with van der Waals surface area (Å²) in [7, 11) is 0. The molecule has 2 nitrogen and oxygen atoms in total. The maximum absolute atomic E-state index is 13.1. The molecule has 0 aliphatic rings. The minimum Gasteiger partial charge on any atom is -0.298 e. The van der Waals surface area contributed by atoms with E-state index in [1.807, 2.05) is 0 Å². The van der Waals surface area contributed by atoms with Gasteiger partial charge in [0, 0.05) is 11.1 Å². The van der Waals surface area contributed by atoms with E-state index in [1.165, 1.54) is 6.07 Å². The van der Waals surface area contributed by atoms with Crippen molar-refractivity contribution in [2.45, 2.75) is 0 Å². The molecule has 0 bridgehead atoms. The van der Waals surface area contributed by atoms with E-state index in [0.717, 1.165) is 6.07 Å². The molecule has 0 amide bonds. The predicted octanol–water partition coefficient (Wildman–Crippen LogP) is 4.01. The lowest BCUT2D eigenvalue weighted by Crippen LogP contribution is -1.95. The summed E-state index contributed by atoms with van der Waals surface area (Å²) in [6.07, 6.45) is 0.585. The first kappa shape index (κ1) is 12.0. The van der Waals surface area contributed by atoms with E-state index in [4.69, 9.17) is 23.2 Å². The van der Waals surface area contributed by atoms with Crippen LogP contribution in [0.3, 0.4) is 0 Å². The first-order valence-electron chi connectivity index (χ1n) is 4.69. The summed E-state index contributed by atoms with van der Waals surface area (Å²) in [5, 5.41) is 0.636. The van der Waals surface area contributed by atoms with Crippen molar-refractivity contribution in [2.24, 2.45) is 0 Å². The fourth-order valence-electron chi connectivity index (χ4n) is 1.47. The number of benzene rings is 1. The summed E-state index contributed by atoms with van der Waals surface area (Å²) in [6.45, 7) is 0. The topological polar surface area (TPSA) is 30.0 Å². The number of nitrogens with zero attached hydrogens (tertiary/aromatic N) is 1. The standard InChI is InChI=1S/C12H6Cl2FNO/c13-8-2-1-3-9(14)11(8)12-7(6-17)4-5-10(15)16-12/h1-6H. The van der Waals surface area contributed by atoms with Gasteiger partial charge in [-0.25, -0.2) is 4.98 Å². The molecular formula is C12H6Cl2FNO. The molecule has 0 atom stereocenters. The SMILES string of the molecule is O=Cc1ccc(F)nc1-c1c(Cl)cccc1Cl. The van der Waals surface area contributed by atoms with E-state index in [-0.39, 0.29) is 11.3 Å². The Kier molecular flexibility index (Phi) is 3.41. The third kappa shape index (κ3) is 2.30. The predicted molar refractivity (Wildman–Crippen MR) is 65.0 cm³/mol. The van der Waals surface area contributed by atoms with Crippen molar-refractivity contribution < 1.29 is 9.18 Å². The molecule has 0 aliphatic heterocycles. The molecule has 2 aromatic rings. The number of aldehydes is 1. The molecule has 0 radical (unpaired) electrons. The van der Waals surface area contributed by atoms with Crippen LogP contribution in [0.5, 0.6) is 0 Å². The van der Waals surface area contributed by atoms with Crippen molar-refractivity contribution in [1.29, 1.82) is 0 Å². The Bertz CT molecular complexity index is 566. The van der Waals surface area contributed by atoms with Crippen molar-refractivity contribution >= 4 is 29.5 Å². The summed E-state index contributed by atoms with van der Waals surface area (Å²) in [6, 6.07) is 7.31. The van der Waals surface area contributed by atoms with E-state index < -0.39 is 5.95 Å². The lowest BCUT2D eigenvalue weighted by atomic mass is 10.1. The Morgan fingerprint density at radius 3 is 2.35 bits per heavy atom. The summed E-state index contributed by atoms with van der Waals surface area (Å²) in [4.78, 5) is 14.6. The van der Waals surface area contributed by atoms with Gasteiger partial charge in [0.1, 0.15) is 0 Å². The van der Waals surface area contributed by atoms with Crippen LogP contribution < -0.4 is 0 Å². The highest BCUT2D eigenvalue weighted by molar-refractivity contribution is 6.39. The molecule has 0 spiro atoms. The zero-order chi connectivity index (χ0) is 12.4. The molecule has 86 valence electrons. The lowest BCUT2D eigenvalue weighted by molar-refractivity contribution is 0.112. The number of carbonyl (C=O) groups is 1. The van der Waals surface area contributed by atoms with Crippen molar-refractivity contribution in [1.82, 2.24) is 4.98 Å². The van der Waals surface area contributed by atoms with Crippen LogP contribution >= 0.6 is 23.2 Å². The summed E-state index contributed by atoms with van der Waals surface area (Å²) in [5.41, 5.74) is 0.745. The molecule has 1 heterocycles. The number of rotatable bonds is 2. The summed E-state index contributed by atoms with van der Waals surface area (Å²) >= 11 is 12.0. The van der Waals surface area contributed by atoms with E-state index in [1.54, 1.807) is 18.2 Å². The monoisotopic (exact) mass is 269 g/mol. The van der Waals surface area contributed by atoms with Gasteiger partial charge in [-0.05, 0) is 24.3 Å². The van der Waals surface area contributed by atoms with Gasteiger partial charge in [0.2, 0.25) is 5.95 Å². The van der Waals surface area contributed by atoms with Gasteiger partial charge in [-0.1, -0.05) is 29.3 Å². The average molecular weight is 270 g/mol. The second-order valence-corrected chi connectivity index (χ2v) is 4.10. The minimum absolute atomic E-state index is 0.149. The average Bonchev–Trinajstić information content (AvgIpc) is 2.29. The second-order valence-electron chi connectivity index (χ2n) is 3.29. The van der Waals surface area contributed by atoms with Crippen LogP contribution in [0.15, 0.2) is 30.3 Å². The molecule has 0 aliphatic carbocycles. The highest BCUT2D eigenvalue weighted by atomic mass is 35.5. The van der Waals surface area contributed by atoms with Crippen LogP contribution in [0.25, 0.3) is 11.3 Å². The van der Waals surface area contributed by atoms with Crippen LogP contribution in [-0.4, -0.2) is 11.3 Å². The van der Waals surface area contributed by atoms with Crippen molar-refractivity contribution in [3.05, 3.63) is 51.9 Å². The smallest absolute Gasteiger partial charge is 0.213 e. The first-order chi connectivity index (χ1) is 8.13. The third-order valence-corrected chi connectivity index (χ3v) is 2.85. The van der Waals surface area contributed by atoms with Crippen molar-refractivity contribution in [3.8, 4) is 11.3 Å². The summed E-state index contributed by atoms with van der Waals surface area (Å²) < 4.78 is 13.1. The maximum Gasteiger partial charge on any atom is 0.213 e. The molecule has 1 aromatic carbocycles. The Hall–Kier alpha value is -1.45. The van der Waals surface area contributed by atoms with Crippen molar-refractivity contribution in [3.63, 3.8) is 0 Å². The number of aromatic nitrogens is 1. The number of carbonyl (C=O) groups excluding carboxylic acids is 1. The van der Waals surface area contributed by atoms with E-state index in [2.05, 4.69) is 4.98 Å². The minimum atomic E-state index is -0.693. The molecule has 1 aromatic heterocycles. The second kappa shape index (κ2) is 4.82. The quantitative estimate of drug-likeness (QED) is 0.609. The van der Waals surface area contributed by atoms with Gasteiger partial charge >= 0.3 is 0 Å². The van der Waals surface area contributed by atoms with Crippen LogP contribution in [0.4, 0.5) is 4.39 Å². The Balaban J connectivity index is 2.75. The highest BCUT2D eigenvalue weighted by Gasteiger charge is 2.14. The molecule has 2 rings (SSSR count). The normalized spacial score (nSPS) is 10.3. The summed E-state index contributed by atoms with van der Waals surface area (Å²) in [5.74, 6) is -0.693. The van der Waals surface area contributed by atoms with E-state index in [9.17, 15) is 9.18 Å². The molecule has 5 heteroatoms. The van der Waals surface area contributed by atoms with Crippen LogP contribution in [0.2, 0.25) is 10.0 Å². The van der Waals surface area contributed by atoms with E-state index in [0.29, 0.717) is 21.9 Å². The molecule has 0 saturated carbocycles. The molecule has 17 heavy (non-hydrogen) atoms. The Morgan fingerprint density at radius 1 is 1.12 bits per heavy atom. The number of hydrogen-bond acceptors (Lipinski definition) is 2. The zero-order valence-electron chi connectivity index (χ0n) is 8.45. The molecule has 0 unspecified atom stereocenters. The van der Waals surface area contributed by atoms with Crippen molar-refractivity contribution in [2.75, 3.05) is 0 Å². The first-order valence-corrected chi connectivity index (χ1v) is 5.45. The Morgan fingerprint density at radius 2 is 1.76 bits per heavy atom. The number of hydrogen-bond donors (Lipinski definition) is 0. The Labute approximate surface area is 107 Å². The van der Waals surface area contributed by atoms with Crippen LogP contribution in [0, 0.1) is 5.95 Å². The van der Waals surface area contributed by atoms with Gasteiger partial charge in [0.25, 0.3) is 0 Å². The van der Waals surface area contributed by atoms with Crippen LogP contribution in [-0.2, 0) is 0 Å². The fourth-order valence-corrected chi connectivity index (χ4v) is 2.04. The van der Waals surface area contributed by atoms with E-state index >= 15 is 0 Å². The van der Waals surface area contributed by atoms with Crippen LogP contribution in [0.1, 0.15) is 10.4 Å². The molecule has 0 N–H and O–H groups in total. The number of pyridine rings is 1. The zero-order valence-corrected chi connectivity index (χ0v) is 9.97. The van der Waals surface area contributed by atoms with Gasteiger partial charge in [-0.15, -0.1) is 0 Å². The molecule has 0 saturated heterocycles. The largest absolute Gasteiger partial charge is 0.298 e. The van der Waals surface area contributed by atoms with Gasteiger partial charge in [0.15, 0.2) is 6.29 Å². The third-order valence-electron chi connectivity index (χ3n) is 2.22. The number of halogens is 3. The fraction of sp³-hybridized carbons (Fsp3) is 0. The van der Waals surface area contributed by atoms with Gasteiger partial charge in [-0.2, -0.15) is 4.39 Å². The maximum atomic E-state index is 13.1. The van der Waals surface area contributed by atoms with Gasteiger partial charge in [-0.3, -0.25) is 4.79 Å². The van der Waals surface area contributed by atoms with Gasteiger partial charge < -0.3 is 0 Å². The highest BCUT2D eigenvalue weighted by Crippen LogP contribution is 2.34. The molecular weight excluding hydrogens is 264 g/mol. The molecule has 0 fully saturated rings.